The van der Waals surface area contributed by atoms with Crippen molar-refractivity contribution in [3.8, 4) is 11.5 Å². The summed E-state index contributed by atoms with van der Waals surface area (Å²) < 4.78 is 11.8. The molecule has 1 fully saturated rings. The number of fused-ring (bicyclic) bond motifs is 2. The second kappa shape index (κ2) is 6.68. The van der Waals surface area contributed by atoms with Gasteiger partial charge in [-0.3, -0.25) is 0 Å². The maximum Gasteiger partial charge on any atom is 0.141 e. The molecule has 1 saturated heterocycles. The molecule has 0 unspecified atom stereocenters. The number of aryl methyl sites for hydroxylation is 2. The first kappa shape index (κ1) is 16.8. The van der Waals surface area contributed by atoms with Crippen LogP contribution in [0.5, 0.6) is 11.5 Å². The molecule has 27 heavy (non-hydrogen) atoms. The number of aromatic nitrogens is 2. The summed E-state index contributed by atoms with van der Waals surface area (Å²) in [5.41, 5.74) is 2.57. The number of benzene rings is 1. The number of rotatable bonds is 3. The summed E-state index contributed by atoms with van der Waals surface area (Å²) in [5.74, 6) is 3.05. The zero-order valence-corrected chi connectivity index (χ0v) is 16.5. The highest BCUT2D eigenvalue weighted by Gasteiger charge is 2.25. The average Bonchev–Trinajstić information content (AvgIpc) is 3.26. The van der Waals surface area contributed by atoms with Crippen LogP contribution in [0.2, 0.25) is 0 Å². The SMILES string of the molecule is Cc1sc2ncnc(N3CCC(Oc4ccc5c(c4)CCO5)CC3)c2c1C. The van der Waals surface area contributed by atoms with Crippen LogP contribution in [0.3, 0.4) is 0 Å². The Labute approximate surface area is 163 Å². The van der Waals surface area contributed by atoms with Gasteiger partial charge in [0.15, 0.2) is 0 Å². The van der Waals surface area contributed by atoms with Gasteiger partial charge in [0, 0.05) is 42.8 Å². The lowest BCUT2D eigenvalue weighted by Gasteiger charge is -2.33. The summed E-state index contributed by atoms with van der Waals surface area (Å²) >= 11 is 1.76. The fourth-order valence-electron chi connectivity index (χ4n) is 4.02. The summed E-state index contributed by atoms with van der Waals surface area (Å²) in [6, 6.07) is 6.20. The molecule has 2 aliphatic heterocycles. The lowest BCUT2D eigenvalue weighted by atomic mass is 10.1. The first-order valence-electron chi connectivity index (χ1n) is 9.57. The molecule has 0 saturated carbocycles. The maximum atomic E-state index is 6.27. The Kier molecular flexibility index (Phi) is 4.16. The average molecular weight is 382 g/mol. The van der Waals surface area contributed by atoms with E-state index >= 15 is 0 Å². The van der Waals surface area contributed by atoms with E-state index in [0.717, 1.165) is 61.1 Å². The van der Waals surface area contributed by atoms with E-state index in [1.165, 1.54) is 21.4 Å². The molecule has 140 valence electrons. The van der Waals surface area contributed by atoms with Gasteiger partial charge in [0.25, 0.3) is 0 Å². The molecule has 0 aliphatic carbocycles. The highest BCUT2D eigenvalue weighted by atomic mass is 32.1. The first-order valence-corrected chi connectivity index (χ1v) is 10.4. The van der Waals surface area contributed by atoms with E-state index in [4.69, 9.17) is 9.47 Å². The molecule has 4 heterocycles. The van der Waals surface area contributed by atoms with Gasteiger partial charge >= 0.3 is 0 Å². The van der Waals surface area contributed by atoms with Crippen LogP contribution in [0.15, 0.2) is 24.5 Å². The van der Waals surface area contributed by atoms with Gasteiger partial charge in [0.1, 0.15) is 34.6 Å². The molecule has 5 nitrogen and oxygen atoms in total. The van der Waals surface area contributed by atoms with E-state index in [1.54, 1.807) is 17.7 Å². The second-order valence-corrected chi connectivity index (χ2v) is 8.54. The molecule has 0 amide bonds. The predicted molar refractivity (Wildman–Crippen MR) is 108 cm³/mol. The topological polar surface area (TPSA) is 47.5 Å². The van der Waals surface area contributed by atoms with Gasteiger partial charge in [-0.25, -0.2) is 9.97 Å². The summed E-state index contributed by atoms with van der Waals surface area (Å²) in [7, 11) is 0. The number of nitrogens with zero attached hydrogens (tertiary/aromatic N) is 3. The predicted octanol–water partition coefficient (Wildman–Crippen LogP) is 4.29. The van der Waals surface area contributed by atoms with Crippen LogP contribution in [0.1, 0.15) is 28.8 Å². The van der Waals surface area contributed by atoms with Gasteiger partial charge in [-0.1, -0.05) is 0 Å². The zero-order chi connectivity index (χ0) is 18.4. The van der Waals surface area contributed by atoms with Crippen molar-refractivity contribution < 1.29 is 9.47 Å². The number of anilines is 1. The van der Waals surface area contributed by atoms with Crippen LogP contribution >= 0.6 is 11.3 Å². The second-order valence-electron chi connectivity index (χ2n) is 7.33. The minimum Gasteiger partial charge on any atom is -0.493 e. The fraction of sp³-hybridized carbons (Fsp3) is 0.429. The Morgan fingerprint density at radius 3 is 2.89 bits per heavy atom. The Morgan fingerprint density at radius 2 is 2.04 bits per heavy atom. The minimum absolute atomic E-state index is 0.254. The van der Waals surface area contributed by atoms with E-state index in [1.807, 2.05) is 12.1 Å². The Hall–Kier alpha value is -2.34. The zero-order valence-electron chi connectivity index (χ0n) is 15.7. The van der Waals surface area contributed by atoms with E-state index < -0.39 is 0 Å². The molecular formula is C21H23N3O2S. The lowest BCUT2D eigenvalue weighted by molar-refractivity contribution is 0.170. The number of ether oxygens (including phenoxy) is 2. The van der Waals surface area contributed by atoms with E-state index in [2.05, 4.69) is 34.8 Å². The monoisotopic (exact) mass is 381 g/mol. The van der Waals surface area contributed by atoms with Crippen LogP contribution in [0.25, 0.3) is 10.2 Å². The van der Waals surface area contributed by atoms with Crippen molar-refractivity contribution >= 4 is 27.4 Å². The van der Waals surface area contributed by atoms with Gasteiger partial charge < -0.3 is 14.4 Å². The Bertz CT molecular complexity index is 993. The van der Waals surface area contributed by atoms with Crippen LogP contribution in [-0.4, -0.2) is 35.8 Å². The smallest absolute Gasteiger partial charge is 0.141 e. The number of piperidine rings is 1. The third-order valence-electron chi connectivity index (χ3n) is 5.65. The van der Waals surface area contributed by atoms with Crippen LogP contribution in [0, 0.1) is 13.8 Å². The Morgan fingerprint density at radius 1 is 1.19 bits per heavy atom. The van der Waals surface area contributed by atoms with Crippen molar-refractivity contribution in [3.63, 3.8) is 0 Å². The number of hydrogen-bond donors (Lipinski definition) is 0. The van der Waals surface area contributed by atoms with Crippen molar-refractivity contribution in [3.05, 3.63) is 40.5 Å². The largest absolute Gasteiger partial charge is 0.493 e. The van der Waals surface area contributed by atoms with Crippen molar-refractivity contribution in [1.29, 1.82) is 0 Å². The molecule has 1 aromatic carbocycles. The van der Waals surface area contributed by atoms with E-state index in [9.17, 15) is 0 Å². The maximum absolute atomic E-state index is 6.27. The molecular weight excluding hydrogens is 358 g/mol. The van der Waals surface area contributed by atoms with Crippen LogP contribution < -0.4 is 14.4 Å². The summed E-state index contributed by atoms with van der Waals surface area (Å²) in [6.45, 7) is 7.03. The van der Waals surface area contributed by atoms with Gasteiger partial charge in [-0.05, 0) is 37.6 Å². The molecule has 5 rings (SSSR count). The molecule has 2 aromatic heterocycles. The summed E-state index contributed by atoms with van der Waals surface area (Å²) in [5, 5.41) is 1.22. The van der Waals surface area contributed by atoms with Gasteiger partial charge in [-0.15, -0.1) is 11.3 Å². The fourth-order valence-corrected chi connectivity index (χ4v) is 5.01. The first-order chi connectivity index (χ1) is 13.2. The molecule has 0 bridgehead atoms. The van der Waals surface area contributed by atoms with Gasteiger partial charge in [0.05, 0.1) is 12.0 Å². The normalized spacial score (nSPS) is 17.2. The van der Waals surface area contributed by atoms with Crippen LogP contribution in [-0.2, 0) is 6.42 Å². The van der Waals surface area contributed by atoms with E-state index in [0.29, 0.717) is 0 Å². The third kappa shape index (κ3) is 3.02. The summed E-state index contributed by atoms with van der Waals surface area (Å²) in [6.07, 6.45) is 4.93. The number of thiophene rings is 1. The number of hydrogen-bond acceptors (Lipinski definition) is 6. The van der Waals surface area contributed by atoms with E-state index in [-0.39, 0.29) is 6.10 Å². The highest BCUT2D eigenvalue weighted by Crippen LogP contribution is 2.36. The molecule has 2 aliphatic rings. The molecule has 0 spiro atoms. The molecule has 3 aromatic rings. The summed E-state index contributed by atoms with van der Waals surface area (Å²) in [4.78, 5) is 13.9. The van der Waals surface area contributed by atoms with Crippen molar-refractivity contribution in [2.75, 3.05) is 24.6 Å². The third-order valence-corrected chi connectivity index (χ3v) is 6.77. The quantitative estimate of drug-likeness (QED) is 0.677. The van der Waals surface area contributed by atoms with Crippen LogP contribution in [0.4, 0.5) is 5.82 Å². The standard InChI is InChI=1S/C21H23N3O2S/c1-13-14(2)27-21-19(13)20(22-12-23-21)24-8-5-16(6-9-24)26-17-3-4-18-15(11-17)7-10-25-18/h3-4,11-12,16H,5-10H2,1-2H3. The Balaban J connectivity index is 1.29. The van der Waals surface area contributed by atoms with Crippen molar-refractivity contribution in [2.45, 2.75) is 39.2 Å². The molecule has 0 N–H and O–H groups in total. The lowest BCUT2D eigenvalue weighted by Crippen LogP contribution is -2.38. The molecule has 0 atom stereocenters. The van der Waals surface area contributed by atoms with Gasteiger partial charge in [-0.2, -0.15) is 0 Å². The highest BCUT2D eigenvalue weighted by molar-refractivity contribution is 7.18. The molecule has 0 radical (unpaired) electrons. The van der Waals surface area contributed by atoms with Gasteiger partial charge in [0.2, 0.25) is 0 Å². The minimum atomic E-state index is 0.254. The van der Waals surface area contributed by atoms with Crippen molar-refractivity contribution in [1.82, 2.24) is 9.97 Å². The molecule has 6 heteroatoms. The van der Waals surface area contributed by atoms with Crippen molar-refractivity contribution in [2.24, 2.45) is 0 Å².